The fraction of sp³-hybridized carbons (Fsp3) is 0.182. The normalized spacial score (nSPS) is 15.7. The number of nitriles is 1. The summed E-state index contributed by atoms with van der Waals surface area (Å²) in [5.74, 6) is -1.55. The van der Waals surface area contributed by atoms with Gasteiger partial charge in [-0.3, -0.25) is 20.3 Å². The van der Waals surface area contributed by atoms with Crippen LogP contribution in [0.2, 0.25) is 0 Å². The Kier molecular flexibility index (Phi) is 6.67. The van der Waals surface area contributed by atoms with Crippen LogP contribution in [0.15, 0.2) is 60.8 Å². The molecule has 1 heterocycles. The molecule has 0 bridgehead atoms. The topological polar surface area (TPSA) is 114 Å². The van der Waals surface area contributed by atoms with Crippen LogP contribution in [0.25, 0.3) is 0 Å². The molecular weight excluding hydrogens is 385 g/mol. The van der Waals surface area contributed by atoms with E-state index < -0.39 is 5.92 Å². The van der Waals surface area contributed by atoms with Crippen LogP contribution < -0.4 is 10.6 Å². The van der Waals surface area contributed by atoms with Crippen LogP contribution in [0.4, 0.5) is 10.1 Å². The van der Waals surface area contributed by atoms with Crippen LogP contribution in [0.1, 0.15) is 22.3 Å². The zero-order valence-corrected chi connectivity index (χ0v) is 16.1. The number of rotatable bonds is 5. The minimum Gasteiger partial charge on any atom is -0.338 e. The maximum Gasteiger partial charge on any atom is 0.255 e. The number of quaternary nitrogens is 1. The van der Waals surface area contributed by atoms with Gasteiger partial charge in [0.1, 0.15) is 12.0 Å². The number of halogens is 1. The number of benzene rings is 2. The van der Waals surface area contributed by atoms with Crippen LogP contribution in [-0.2, 0) is 4.79 Å². The Hall–Kier alpha value is -3.83. The molecule has 152 valence electrons. The maximum absolute atomic E-state index is 13.6. The van der Waals surface area contributed by atoms with Crippen molar-refractivity contribution < 1.29 is 19.3 Å². The van der Waals surface area contributed by atoms with Crippen molar-refractivity contribution in [1.82, 2.24) is 10.2 Å². The molecule has 0 saturated carbocycles. The second-order valence-corrected chi connectivity index (χ2v) is 6.84. The van der Waals surface area contributed by atoms with Crippen molar-refractivity contribution in [3.8, 4) is 6.07 Å². The van der Waals surface area contributed by atoms with E-state index in [2.05, 4.69) is 5.32 Å². The number of amidine groups is 1. The maximum atomic E-state index is 13.6. The summed E-state index contributed by atoms with van der Waals surface area (Å²) in [6, 6.07) is 14.8. The van der Waals surface area contributed by atoms with Gasteiger partial charge < -0.3 is 10.2 Å². The number of para-hydroxylation sites is 1. The Bertz CT molecular complexity index is 1040. The third-order valence-corrected chi connectivity index (χ3v) is 4.83. The number of nitrogens with one attached hydrogen (secondary N) is 2. The van der Waals surface area contributed by atoms with Crippen LogP contribution in [0.3, 0.4) is 0 Å². The Balaban J connectivity index is 1.52. The van der Waals surface area contributed by atoms with Gasteiger partial charge in [0, 0.05) is 25.2 Å². The van der Waals surface area contributed by atoms with Gasteiger partial charge in [0.2, 0.25) is 5.91 Å². The molecule has 1 aliphatic heterocycles. The monoisotopic (exact) mass is 406 g/mol. The summed E-state index contributed by atoms with van der Waals surface area (Å²) in [7, 11) is 0. The van der Waals surface area contributed by atoms with E-state index in [0.717, 1.165) is 0 Å². The standard InChI is InChI=1S/C22H20FN5O2/c23-18-7-3-4-8-19(18)26-11-9-20(25)27-21(29)16-10-12-28(14-16)22(30)17-6-2-1-5-15(17)13-24/h1-9,11,16,26H,10,12,14H2,(H2,25,27,29)/p+1/b11-9-/t16-/m1/s1. The molecule has 1 atom stereocenters. The smallest absolute Gasteiger partial charge is 0.255 e. The van der Waals surface area contributed by atoms with Crippen LogP contribution in [0.5, 0.6) is 0 Å². The van der Waals surface area contributed by atoms with Crippen LogP contribution >= 0.6 is 0 Å². The van der Waals surface area contributed by atoms with Gasteiger partial charge in [-0.05, 0) is 24.6 Å². The Morgan fingerprint density at radius 3 is 2.73 bits per heavy atom. The summed E-state index contributed by atoms with van der Waals surface area (Å²) < 4.78 is 13.6. The van der Waals surface area contributed by atoms with Gasteiger partial charge in [0.15, 0.2) is 11.5 Å². The largest absolute Gasteiger partial charge is 0.338 e. The molecule has 7 nitrogen and oxygen atoms in total. The first-order valence-electron chi connectivity index (χ1n) is 9.43. The molecule has 4 N–H and O–H groups in total. The number of nitrogens with zero attached hydrogens (tertiary/aromatic N) is 2. The first-order chi connectivity index (χ1) is 14.5. The van der Waals surface area contributed by atoms with E-state index in [9.17, 15) is 19.2 Å². The van der Waals surface area contributed by atoms with Crippen molar-refractivity contribution in [2.75, 3.05) is 13.1 Å². The summed E-state index contributed by atoms with van der Waals surface area (Å²) in [6.07, 6.45) is 3.33. The molecule has 1 fully saturated rings. The molecule has 0 aromatic heterocycles. The van der Waals surface area contributed by atoms with Gasteiger partial charge in [-0.1, -0.05) is 24.3 Å². The second-order valence-electron chi connectivity index (χ2n) is 6.84. The third kappa shape index (κ3) is 4.96. The molecule has 0 radical (unpaired) electrons. The number of nitrogens with two attached hydrogens (primary N) is 1. The van der Waals surface area contributed by atoms with E-state index in [1.54, 1.807) is 47.4 Å². The molecule has 2 aromatic rings. The first kappa shape index (κ1) is 20.9. The van der Waals surface area contributed by atoms with E-state index in [1.807, 2.05) is 6.07 Å². The highest BCUT2D eigenvalue weighted by Crippen LogP contribution is 2.20. The molecule has 8 heteroatoms. The molecule has 1 saturated heterocycles. The van der Waals surface area contributed by atoms with E-state index in [1.165, 1.54) is 23.7 Å². The molecule has 30 heavy (non-hydrogen) atoms. The van der Waals surface area contributed by atoms with Crippen LogP contribution in [0, 0.1) is 28.5 Å². The molecule has 2 aromatic carbocycles. The third-order valence-electron chi connectivity index (χ3n) is 4.83. The van der Waals surface area contributed by atoms with Gasteiger partial charge in [-0.25, -0.2) is 4.39 Å². The summed E-state index contributed by atoms with van der Waals surface area (Å²) in [6.45, 7) is 0.629. The van der Waals surface area contributed by atoms with Gasteiger partial charge in [0.25, 0.3) is 5.91 Å². The van der Waals surface area contributed by atoms with Gasteiger partial charge in [0.05, 0.1) is 23.1 Å². The fourth-order valence-electron chi connectivity index (χ4n) is 3.23. The quantitative estimate of drug-likeness (QED) is 0.399. The number of amides is 2. The number of hydrogen-bond donors (Lipinski definition) is 3. The molecule has 3 rings (SSSR count). The van der Waals surface area contributed by atoms with Crippen molar-refractivity contribution in [3.05, 3.63) is 77.8 Å². The summed E-state index contributed by atoms with van der Waals surface area (Å²) in [5.41, 5.74) is 1.00. The highest BCUT2D eigenvalue weighted by atomic mass is 19.1. The molecule has 2 amide bonds. The van der Waals surface area contributed by atoms with Crippen molar-refractivity contribution in [2.24, 2.45) is 5.92 Å². The number of carbonyl (C=O) groups excluding carboxylic acids is 2. The lowest BCUT2D eigenvalue weighted by Gasteiger charge is -2.17. The van der Waals surface area contributed by atoms with E-state index in [-0.39, 0.29) is 30.0 Å². The summed E-state index contributed by atoms with van der Waals surface area (Å²) >= 11 is 0. The minimum absolute atomic E-state index is 0.118. The van der Waals surface area contributed by atoms with Gasteiger partial charge in [-0.15, -0.1) is 0 Å². The molecule has 0 aliphatic carbocycles. The highest BCUT2D eigenvalue weighted by Gasteiger charge is 2.32. The second kappa shape index (κ2) is 9.58. The average molecular weight is 406 g/mol. The van der Waals surface area contributed by atoms with Crippen molar-refractivity contribution in [3.63, 3.8) is 0 Å². The highest BCUT2D eigenvalue weighted by molar-refractivity contribution is 6.03. The Morgan fingerprint density at radius 1 is 1.23 bits per heavy atom. The SMILES string of the molecule is N#Cc1ccccc1C(=O)N1CC[C@@H](C(=O)NC(=N)/C=C\[NH2+]c2ccccc2F)C1. The van der Waals surface area contributed by atoms with Gasteiger partial charge >= 0.3 is 0 Å². The molecule has 1 aliphatic rings. The lowest BCUT2D eigenvalue weighted by molar-refractivity contribution is -0.498. The number of likely N-dealkylation sites (tertiary alicyclic amines) is 1. The first-order valence-corrected chi connectivity index (χ1v) is 9.43. The zero-order valence-electron chi connectivity index (χ0n) is 16.1. The number of hydrogen-bond acceptors (Lipinski definition) is 4. The van der Waals surface area contributed by atoms with E-state index >= 15 is 0 Å². The van der Waals surface area contributed by atoms with Crippen LogP contribution in [-0.4, -0.2) is 35.6 Å². The number of carbonyl (C=O) groups is 2. The minimum atomic E-state index is -0.438. The van der Waals surface area contributed by atoms with Crippen molar-refractivity contribution >= 4 is 23.3 Å². The predicted molar refractivity (Wildman–Crippen MR) is 108 cm³/mol. The molecule has 0 unspecified atom stereocenters. The van der Waals surface area contributed by atoms with Gasteiger partial charge in [-0.2, -0.15) is 5.26 Å². The fourth-order valence-corrected chi connectivity index (χ4v) is 3.23. The lowest BCUT2D eigenvalue weighted by Crippen LogP contribution is -2.71. The Labute approximate surface area is 173 Å². The lowest BCUT2D eigenvalue weighted by atomic mass is 10.1. The molecular formula is C22H21FN5O2+. The van der Waals surface area contributed by atoms with E-state index in [0.29, 0.717) is 29.8 Å². The predicted octanol–water partition coefficient (Wildman–Crippen LogP) is 1.66. The van der Waals surface area contributed by atoms with Crippen molar-refractivity contribution in [1.29, 1.82) is 10.7 Å². The zero-order chi connectivity index (χ0) is 21.5. The molecule has 0 spiro atoms. The average Bonchev–Trinajstić information content (AvgIpc) is 3.25. The summed E-state index contributed by atoms with van der Waals surface area (Å²) in [5, 5.41) is 21.1. The van der Waals surface area contributed by atoms with E-state index in [4.69, 9.17) is 5.41 Å². The summed E-state index contributed by atoms with van der Waals surface area (Å²) in [4.78, 5) is 26.6. The van der Waals surface area contributed by atoms with Crippen molar-refractivity contribution in [2.45, 2.75) is 6.42 Å². The Morgan fingerprint density at radius 2 is 1.97 bits per heavy atom.